The molecule has 4 heteroatoms. The van der Waals surface area contributed by atoms with Crippen molar-refractivity contribution in [3.63, 3.8) is 0 Å². The Bertz CT molecular complexity index is 519. The van der Waals surface area contributed by atoms with Crippen molar-refractivity contribution in [3.8, 4) is 0 Å². The van der Waals surface area contributed by atoms with Gasteiger partial charge in [-0.1, -0.05) is 36.2 Å². The van der Waals surface area contributed by atoms with E-state index in [9.17, 15) is 0 Å². The average Bonchev–Trinajstić information content (AvgIpc) is 2.76. The maximum absolute atomic E-state index is 6.43. The summed E-state index contributed by atoms with van der Waals surface area (Å²) in [5.74, 6) is 0.885. The minimum Gasteiger partial charge on any atom is -0.469 e. The Morgan fingerprint density at radius 2 is 1.94 bits per heavy atom. The summed E-state index contributed by atoms with van der Waals surface area (Å²) in [6.07, 6.45) is 2.45. The predicted octanol–water partition coefficient (Wildman–Crippen LogP) is 5.48. The lowest BCUT2D eigenvalue weighted by molar-refractivity contribution is 0.512. The van der Waals surface area contributed by atoms with Crippen LogP contribution in [0, 0.1) is 0 Å². The van der Waals surface area contributed by atoms with E-state index in [4.69, 9.17) is 39.2 Å². The average molecular weight is 290 g/mol. The number of aryl methyl sites for hydroxylation is 1. The smallest absolute Gasteiger partial charge is 0.108 e. The van der Waals surface area contributed by atoms with Gasteiger partial charge in [-0.25, -0.2) is 0 Å². The van der Waals surface area contributed by atoms with Gasteiger partial charge in [0.2, 0.25) is 0 Å². The highest BCUT2D eigenvalue weighted by Gasteiger charge is 2.19. The van der Waals surface area contributed by atoms with E-state index in [2.05, 4.69) is 0 Å². The summed E-state index contributed by atoms with van der Waals surface area (Å²) >= 11 is 18.4. The van der Waals surface area contributed by atoms with E-state index in [1.165, 1.54) is 0 Å². The Hall–Kier alpha value is -0.630. The Morgan fingerprint density at radius 1 is 1.18 bits per heavy atom. The van der Waals surface area contributed by atoms with E-state index in [0.717, 1.165) is 23.3 Å². The molecule has 0 fully saturated rings. The summed E-state index contributed by atoms with van der Waals surface area (Å²) in [5.41, 5.74) is 1.80. The number of hydrogen-bond acceptors (Lipinski definition) is 1. The van der Waals surface area contributed by atoms with E-state index < -0.39 is 0 Å². The molecule has 0 aliphatic carbocycles. The maximum atomic E-state index is 6.43. The summed E-state index contributed by atoms with van der Waals surface area (Å²) in [6, 6.07) is 7.19. The molecule has 0 amide bonds. The highest BCUT2D eigenvalue weighted by atomic mass is 35.5. The third kappa shape index (κ3) is 2.62. The highest BCUT2D eigenvalue weighted by molar-refractivity contribution is 6.36. The lowest BCUT2D eigenvalue weighted by atomic mass is 10.0. The molecule has 0 saturated heterocycles. The van der Waals surface area contributed by atoms with Crippen LogP contribution in [-0.4, -0.2) is 0 Å². The monoisotopic (exact) mass is 288 g/mol. The molecule has 2 aromatic rings. The van der Waals surface area contributed by atoms with Gasteiger partial charge >= 0.3 is 0 Å². The van der Waals surface area contributed by atoms with E-state index in [1.54, 1.807) is 18.4 Å². The van der Waals surface area contributed by atoms with Crippen molar-refractivity contribution in [3.05, 3.63) is 57.5 Å². The van der Waals surface area contributed by atoms with Crippen molar-refractivity contribution in [1.29, 1.82) is 0 Å². The van der Waals surface area contributed by atoms with Crippen molar-refractivity contribution in [1.82, 2.24) is 0 Å². The molecule has 0 radical (unpaired) electrons. The molecule has 1 unspecified atom stereocenters. The fraction of sp³-hybridized carbons (Fsp3) is 0.231. The molecule has 1 aromatic heterocycles. The quantitative estimate of drug-likeness (QED) is 0.682. The molecule has 0 saturated carbocycles. The van der Waals surface area contributed by atoms with E-state index >= 15 is 0 Å². The lowest BCUT2D eigenvalue weighted by Gasteiger charge is -2.11. The third-order valence-electron chi connectivity index (χ3n) is 2.61. The van der Waals surface area contributed by atoms with Gasteiger partial charge in [0.1, 0.15) is 5.76 Å². The van der Waals surface area contributed by atoms with Crippen molar-refractivity contribution in [2.45, 2.75) is 18.7 Å². The Balaban J connectivity index is 2.40. The first-order chi connectivity index (χ1) is 8.13. The summed E-state index contributed by atoms with van der Waals surface area (Å²) in [6.45, 7) is 2.02. The summed E-state index contributed by atoms with van der Waals surface area (Å²) in [5, 5.41) is 0.861. The standard InChI is InChI=1S/C13H11Cl3O/c1-2-12-10(5-6-17-12)13(16)9-4-3-8(14)7-11(9)15/h3-7,13H,2H2,1H3. The van der Waals surface area contributed by atoms with Crippen molar-refractivity contribution in [2.75, 3.05) is 0 Å². The van der Waals surface area contributed by atoms with Crippen molar-refractivity contribution < 1.29 is 4.42 Å². The fourth-order valence-electron chi connectivity index (χ4n) is 1.74. The topological polar surface area (TPSA) is 13.1 Å². The lowest BCUT2D eigenvalue weighted by Crippen LogP contribution is -1.96. The molecule has 90 valence electrons. The third-order valence-corrected chi connectivity index (χ3v) is 3.64. The molecule has 1 nitrogen and oxygen atoms in total. The van der Waals surface area contributed by atoms with Crippen LogP contribution in [0.2, 0.25) is 10.0 Å². The molecule has 0 aliphatic heterocycles. The fourth-order valence-corrected chi connectivity index (χ4v) is 2.70. The second-order valence-corrected chi connectivity index (χ2v) is 4.96. The molecule has 0 spiro atoms. The van der Waals surface area contributed by atoms with Gasteiger partial charge in [-0.05, 0) is 23.8 Å². The van der Waals surface area contributed by atoms with Gasteiger partial charge in [-0.3, -0.25) is 0 Å². The molecule has 0 bridgehead atoms. The normalized spacial score (nSPS) is 12.7. The Labute approximate surface area is 115 Å². The van der Waals surface area contributed by atoms with Gasteiger partial charge in [0.05, 0.1) is 11.6 Å². The van der Waals surface area contributed by atoms with E-state index in [1.807, 2.05) is 19.1 Å². The zero-order chi connectivity index (χ0) is 12.4. The van der Waals surface area contributed by atoms with E-state index in [0.29, 0.717) is 10.0 Å². The van der Waals surface area contributed by atoms with Gasteiger partial charge in [-0.2, -0.15) is 0 Å². The first-order valence-corrected chi connectivity index (χ1v) is 6.48. The number of halogens is 3. The van der Waals surface area contributed by atoms with Gasteiger partial charge in [0, 0.05) is 22.0 Å². The molecular formula is C13H11Cl3O. The first kappa shape index (κ1) is 12.8. The van der Waals surface area contributed by atoms with Gasteiger partial charge in [-0.15, -0.1) is 11.6 Å². The van der Waals surface area contributed by atoms with Crippen molar-refractivity contribution in [2.24, 2.45) is 0 Å². The highest BCUT2D eigenvalue weighted by Crippen LogP contribution is 2.36. The van der Waals surface area contributed by atoms with Gasteiger partial charge in [0.25, 0.3) is 0 Å². The Morgan fingerprint density at radius 3 is 2.59 bits per heavy atom. The number of alkyl halides is 1. The van der Waals surface area contributed by atoms with Crippen molar-refractivity contribution >= 4 is 34.8 Å². The molecule has 1 atom stereocenters. The number of hydrogen-bond donors (Lipinski definition) is 0. The van der Waals surface area contributed by atoms with Crippen LogP contribution in [0.15, 0.2) is 34.9 Å². The van der Waals surface area contributed by atoms with Crippen LogP contribution in [0.5, 0.6) is 0 Å². The van der Waals surface area contributed by atoms with Crippen LogP contribution in [0.25, 0.3) is 0 Å². The van der Waals surface area contributed by atoms with Crippen LogP contribution in [0.4, 0.5) is 0 Å². The van der Waals surface area contributed by atoms with Crippen LogP contribution in [-0.2, 0) is 6.42 Å². The summed E-state index contributed by atoms with van der Waals surface area (Å²) in [4.78, 5) is 0. The molecule has 0 N–H and O–H groups in total. The maximum Gasteiger partial charge on any atom is 0.108 e. The molecule has 17 heavy (non-hydrogen) atoms. The molecule has 2 rings (SSSR count). The van der Waals surface area contributed by atoms with Gasteiger partial charge in [0.15, 0.2) is 0 Å². The largest absolute Gasteiger partial charge is 0.469 e. The van der Waals surface area contributed by atoms with Crippen LogP contribution in [0.1, 0.15) is 29.2 Å². The molecule has 1 heterocycles. The zero-order valence-corrected chi connectivity index (χ0v) is 11.5. The summed E-state index contributed by atoms with van der Waals surface area (Å²) < 4.78 is 5.37. The van der Waals surface area contributed by atoms with Gasteiger partial charge < -0.3 is 4.42 Å². The van der Waals surface area contributed by atoms with E-state index in [-0.39, 0.29) is 5.38 Å². The molecule has 1 aromatic carbocycles. The molecular weight excluding hydrogens is 279 g/mol. The van der Waals surface area contributed by atoms with Crippen LogP contribution < -0.4 is 0 Å². The number of rotatable bonds is 3. The summed E-state index contributed by atoms with van der Waals surface area (Å²) in [7, 11) is 0. The SMILES string of the molecule is CCc1occc1C(Cl)c1ccc(Cl)cc1Cl. The molecule has 0 aliphatic rings. The predicted molar refractivity (Wildman–Crippen MR) is 72.2 cm³/mol. The van der Waals surface area contributed by atoms with Crippen LogP contribution in [0.3, 0.4) is 0 Å². The second kappa shape index (κ2) is 5.34. The second-order valence-electron chi connectivity index (χ2n) is 3.68. The first-order valence-electron chi connectivity index (χ1n) is 5.28. The van der Waals surface area contributed by atoms with Crippen LogP contribution >= 0.6 is 34.8 Å². The Kier molecular flexibility index (Phi) is 4.03. The number of benzene rings is 1. The minimum atomic E-state index is -0.312. The minimum absolute atomic E-state index is 0.312. The number of furan rings is 1. The zero-order valence-electron chi connectivity index (χ0n) is 9.21.